The van der Waals surface area contributed by atoms with Gasteiger partial charge >= 0.3 is 0 Å². The minimum atomic E-state index is -4.89. The first kappa shape index (κ1) is 39.1. The lowest BCUT2D eigenvalue weighted by atomic mass is 9.94. The van der Waals surface area contributed by atoms with Crippen molar-refractivity contribution in [3.63, 3.8) is 0 Å². The zero-order chi connectivity index (χ0) is 34.8. The lowest BCUT2D eigenvalue weighted by molar-refractivity contribution is 0.0688. The summed E-state index contributed by atoms with van der Waals surface area (Å²) in [5.41, 5.74) is 0. The van der Waals surface area contributed by atoms with Gasteiger partial charge in [0.1, 0.15) is 14.7 Å². The molecular formula is C34H47O10S3. The normalized spacial score (nSPS) is 13.3. The van der Waals surface area contributed by atoms with Crippen LogP contribution in [0.4, 0.5) is 0 Å². The van der Waals surface area contributed by atoms with Crippen molar-refractivity contribution in [3.8, 4) is 0 Å². The topological polar surface area (TPSA) is 183 Å². The lowest BCUT2D eigenvalue weighted by Gasteiger charge is -2.16. The molecule has 4 aromatic rings. The first-order valence-electron chi connectivity index (χ1n) is 16.4. The summed E-state index contributed by atoms with van der Waals surface area (Å²) in [6.07, 6.45) is 18.6. The Morgan fingerprint density at radius 2 is 0.851 bits per heavy atom. The summed E-state index contributed by atoms with van der Waals surface area (Å²) in [6, 6.07) is 8.37. The molecule has 13 heteroatoms. The molecule has 0 aliphatic carbocycles. The van der Waals surface area contributed by atoms with Crippen molar-refractivity contribution in [1.82, 2.24) is 0 Å². The molecule has 1 atom stereocenters. The predicted molar refractivity (Wildman–Crippen MR) is 185 cm³/mol. The Bertz CT molecular complexity index is 1880. The van der Waals surface area contributed by atoms with Gasteiger partial charge in [0.15, 0.2) is 0 Å². The predicted octanol–water partition coefficient (Wildman–Crippen LogP) is 9.00. The highest BCUT2D eigenvalue weighted by Crippen LogP contribution is 2.42. The van der Waals surface area contributed by atoms with Gasteiger partial charge < -0.3 is 0 Å². The fourth-order valence-corrected chi connectivity index (χ4v) is 8.28. The molecule has 1 radical (unpaired) electrons. The second-order valence-corrected chi connectivity index (χ2v) is 16.4. The zero-order valence-corrected chi connectivity index (χ0v) is 29.6. The molecule has 0 heterocycles. The molecule has 0 aromatic heterocycles. The molecule has 0 fully saturated rings. The average Bonchev–Trinajstić information content (AvgIpc) is 2.99. The van der Waals surface area contributed by atoms with Gasteiger partial charge in [0.05, 0.1) is 6.10 Å². The van der Waals surface area contributed by atoms with Gasteiger partial charge in [0.2, 0.25) is 0 Å². The molecule has 0 aliphatic rings. The van der Waals surface area contributed by atoms with Gasteiger partial charge in [-0.15, -0.1) is 0 Å². The minimum Gasteiger partial charge on any atom is -0.282 e. The van der Waals surface area contributed by atoms with Crippen LogP contribution < -0.4 is 0 Å². The van der Waals surface area contributed by atoms with Crippen molar-refractivity contribution < 1.29 is 44.0 Å². The molecule has 47 heavy (non-hydrogen) atoms. The van der Waals surface area contributed by atoms with E-state index in [0.29, 0.717) is 11.5 Å². The van der Waals surface area contributed by atoms with E-state index >= 15 is 0 Å². The van der Waals surface area contributed by atoms with E-state index < -0.39 is 45.0 Å². The van der Waals surface area contributed by atoms with Gasteiger partial charge in [0.25, 0.3) is 30.4 Å². The molecule has 3 N–H and O–H groups in total. The fourth-order valence-electron chi connectivity index (χ4n) is 6.08. The van der Waals surface area contributed by atoms with Gasteiger partial charge in [-0.3, -0.25) is 13.7 Å². The SMILES string of the molecule is CCCCCCCCCCC([O])CCCCCCC.O=S(=O)(O)c1ccc2ccc3c(S(=O)(=O)O)cc(S(=O)(=O)O)c4ccc1c2c34. The van der Waals surface area contributed by atoms with E-state index in [4.69, 9.17) is 0 Å². The van der Waals surface area contributed by atoms with E-state index in [-0.39, 0.29) is 33.0 Å². The number of hydrogen-bond acceptors (Lipinski definition) is 6. The highest BCUT2D eigenvalue weighted by molar-refractivity contribution is 7.87. The van der Waals surface area contributed by atoms with Crippen molar-refractivity contribution in [1.29, 1.82) is 0 Å². The Morgan fingerprint density at radius 1 is 0.489 bits per heavy atom. The molecule has 0 amide bonds. The Kier molecular flexibility index (Phi) is 14.4. The zero-order valence-electron chi connectivity index (χ0n) is 27.1. The smallest absolute Gasteiger partial charge is 0.282 e. The minimum absolute atomic E-state index is 0.00301. The Hall–Kier alpha value is -2.39. The van der Waals surface area contributed by atoms with E-state index in [2.05, 4.69) is 13.8 Å². The number of unbranched alkanes of at least 4 members (excludes halogenated alkanes) is 11. The van der Waals surface area contributed by atoms with Crippen LogP contribution in [-0.4, -0.2) is 45.0 Å². The molecule has 4 aromatic carbocycles. The Labute approximate surface area is 279 Å². The van der Waals surface area contributed by atoms with Crippen LogP contribution in [0, 0.1) is 0 Å². The van der Waals surface area contributed by atoms with Crippen LogP contribution in [0.1, 0.15) is 110 Å². The van der Waals surface area contributed by atoms with Crippen molar-refractivity contribution in [2.24, 2.45) is 0 Å². The maximum atomic E-state index is 11.8. The number of hydrogen-bond donors (Lipinski definition) is 3. The van der Waals surface area contributed by atoms with E-state index in [9.17, 15) is 44.0 Å². The first-order chi connectivity index (χ1) is 22.1. The van der Waals surface area contributed by atoms with Crippen molar-refractivity contribution in [2.45, 2.75) is 131 Å². The third kappa shape index (κ3) is 10.8. The molecule has 4 rings (SSSR count). The molecule has 1 unspecified atom stereocenters. The quantitative estimate of drug-likeness (QED) is 0.0515. The highest BCUT2D eigenvalue weighted by atomic mass is 32.2. The monoisotopic (exact) mass is 711 g/mol. The summed E-state index contributed by atoms with van der Waals surface area (Å²) < 4.78 is 99.3. The molecule has 0 bridgehead atoms. The number of rotatable bonds is 18. The summed E-state index contributed by atoms with van der Waals surface area (Å²) in [7, 11) is -14.4. The Balaban J connectivity index is 0.000000279. The summed E-state index contributed by atoms with van der Waals surface area (Å²) >= 11 is 0. The second kappa shape index (κ2) is 17.3. The van der Waals surface area contributed by atoms with Crippen molar-refractivity contribution >= 4 is 62.7 Å². The van der Waals surface area contributed by atoms with E-state index in [1.807, 2.05) is 0 Å². The van der Waals surface area contributed by atoms with Gasteiger partial charge in [-0.25, -0.2) is 5.11 Å². The van der Waals surface area contributed by atoms with Crippen LogP contribution in [-0.2, 0) is 35.5 Å². The van der Waals surface area contributed by atoms with E-state index in [1.54, 1.807) is 0 Å². The summed E-state index contributed by atoms with van der Waals surface area (Å²) in [5, 5.41) is 12.2. The van der Waals surface area contributed by atoms with Gasteiger partial charge in [-0.1, -0.05) is 128 Å². The van der Waals surface area contributed by atoms with Crippen molar-refractivity contribution in [2.75, 3.05) is 0 Å². The third-order valence-corrected chi connectivity index (χ3v) is 11.2. The van der Waals surface area contributed by atoms with Gasteiger partial charge in [-0.05, 0) is 35.7 Å². The number of benzene rings is 4. The largest absolute Gasteiger partial charge is 0.295 e. The second-order valence-electron chi connectivity index (χ2n) is 12.2. The summed E-state index contributed by atoms with van der Waals surface area (Å²) in [5.74, 6) is 0. The summed E-state index contributed by atoms with van der Waals surface area (Å²) in [6.45, 7) is 4.50. The first-order valence-corrected chi connectivity index (χ1v) is 20.8. The molecule has 261 valence electrons. The third-order valence-electron chi connectivity index (χ3n) is 8.51. The van der Waals surface area contributed by atoms with E-state index in [1.165, 1.54) is 101 Å². The molecule has 0 saturated heterocycles. The van der Waals surface area contributed by atoms with E-state index in [0.717, 1.165) is 31.7 Å². The molecule has 0 saturated carbocycles. The van der Waals surface area contributed by atoms with Crippen LogP contribution in [0.15, 0.2) is 57.2 Å². The highest BCUT2D eigenvalue weighted by Gasteiger charge is 2.26. The summed E-state index contributed by atoms with van der Waals surface area (Å²) in [4.78, 5) is -1.99. The van der Waals surface area contributed by atoms with Crippen LogP contribution >= 0.6 is 0 Å². The van der Waals surface area contributed by atoms with Crippen LogP contribution in [0.25, 0.3) is 32.3 Å². The molecule has 0 aliphatic heterocycles. The average molecular weight is 712 g/mol. The molecular weight excluding hydrogens is 665 g/mol. The lowest BCUT2D eigenvalue weighted by Crippen LogP contribution is -2.06. The molecule has 10 nitrogen and oxygen atoms in total. The Morgan fingerprint density at radius 3 is 1.28 bits per heavy atom. The molecule has 0 spiro atoms. The van der Waals surface area contributed by atoms with Crippen LogP contribution in [0.5, 0.6) is 0 Å². The fraction of sp³-hybridized carbons (Fsp3) is 0.529. The van der Waals surface area contributed by atoms with Crippen LogP contribution in [0.2, 0.25) is 0 Å². The van der Waals surface area contributed by atoms with Gasteiger partial charge in [0, 0.05) is 21.5 Å². The maximum absolute atomic E-state index is 11.8. The standard InChI is InChI=1S/C18H37O.C16H10O9S3/c1-3-5-7-9-10-11-13-15-17-18(19)16-14-12-8-6-4-2;17-26(18,19)12-6-2-8-1-3-10-13(27(20,21)22)7-14(28(23,24)25)11-5-4-9(12)15(8)16(10)11/h18H,3-17H2,1-2H3;1-7H,(H,17,18,19)(H,20,21,22)(H,23,24,25). The maximum Gasteiger partial charge on any atom is 0.295 e. The van der Waals surface area contributed by atoms with Gasteiger partial charge in [-0.2, -0.15) is 25.3 Å². The van der Waals surface area contributed by atoms with Crippen LogP contribution in [0.3, 0.4) is 0 Å². The van der Waals surface area contributed by atoms with Crippen molar-refractivity contribution in [3.05, 3.63) is 42.5 Å².